The molecule has 0 saturated heterocycles. The molecule has 0 unspecified atom stereocenters. The van der Waals surface area contributed by atoms with Crippen molar-refractivity contribution >= 4 is 40.4 Å². The minimum atomic E-state index is -0.346. The van der Waals surface area contributed by atoms with Crippen molar-refractivity contribution in [1.29, 1.82) is 0 Å². The van der Waals surface area contributed by atoms with Crippen molar-refractivity contribution in [2.24, 2.45) is 5.73 Å². The molecular weight excluding hydrogens is 423 g/mol. The van der Waals surface area contributed by atoms with Gasteiger partial charge in [0.2, 0.25) is 5.91 Å². The van der Waals surface area contributed by atoms with Crippen molar-refractivity contribution in [3.8, 4) is 11.3 Å². The highest BCUT2D eigenvalue weighted by Crippen LogP contribution is 2.36. The van der Waals surface area contributed by atoms with E-state index in [0.29, 0.717) is 42.1 Å². The lowest BCUT2D eigenvalue weighted by atomic mass is 10.1. The third-order valence-corrected chi connectivity index (χ3v) is 5.31. The van der Waals surface area contributed by atoms with Crippen molar-refractivity contribution in [2.45, 2.75) is 32.7 Å². The van der Waals surface area contributed by atoms with Gasteiger partial charge in [-0.25, -0.2) is 4.39 Å². The first-order valence-electron chi connectivity index (χ1n) is 9.58. The third kappa shape index (κ3) is 4.86. The van der Waals surface area contributed by atoms with Crippen molar-refractivity contribution in [1.82, 2.24) is 9.55 Å². The van der Waals surface area contributed by atoms with Crippen LogP contribution in [0.3, 0.4) is 0 Å². The van der Waals surface area contributed by atoms with Gasteiger partial charge in [0.05, 0.1) is 10.7 Å². The van der Waals surface area contributed by atoms with Crippen LogP contribution in [0.2, 0.25) is 5.02 Å². The number of hydrogen-bond acceptors (Lipinski definition) is 3. The summed E-state index contributed by atoms with van der Waals surface area (Å²) in [5, 5.41) is 3.28. The van der Waals surface area contributed by atoms with Gasteiger partial charge in [-0.1, -0.05) is 30.7 Å². The lowest BCUT2D eigenvalue weighted by molar-refractivity contribution is -0.116. The van der Waals surface area contributed by atoms with Gasteiger partial charge in [-0.15, -0.1) is 0 Å². The molecule has 0 aliphatic heterocycles. The Morgan fingerprint density at radius 3 is 2.63 bits per heavy atom. The van der Waals surface area contributed by atoms with Gasteiger partial charge in [0.1, 0.15) is 10.8 Å². The molecule has 3 aromatic rings. The zero-order chi connectivity index (χ0) is 21.7. The Morgan fingerprint density at radius 1 is 1.30 bits per heavy atom. The summed E-state index contributed by atoms with van der Waals surface area (Å²) in [5.74, 6) is -0.489. The molecule has 3 N–H and O–H groups in total. The topological polar surface area (TPSA) is 72.9 Å². The molecule has 2 aromatic heterocycles. The lowest BCUT2D eigenvalue weighted by Crippen LogP contribution is -2.15. The molecule has 0 aliphatic carbocycles. The van der Waals surface area contributed by atoms with Gasteiger partial charge in [0.15, 0.2) is 0 Å². The molecule has 0 atom stereocenters. The second-order valence-electron chi connectivity index (χ2n) is 6.75. The van der Waals surface area contributed by atoms with Crippen LogP contribution in [0.4, 0.5) is 10.1 Å². The number of aromatic nitrogens is 2. The Hall–Kier alpha value is -2.77. The highest BCUT2D eigenvalue weighted by molar-refractivity contribution is 7.80. The molecule has 1 amide bonds. The summed E-state index contributed by atoms with van der Waals surface area (Å²) in [7, 11) is 0. The Balaban J connectivity index is 1.80. The van der Waals surface area contributed by atoms with Gasteiger partial charge in [-0.05, 0) is 49.2 Å². The molecule has 30 heavy (non-hydrogen) atoms. The molecule has 0 saturated carbocycles. The molecule has 0 fully saturated rings. The van der Waals surface area contributed by atoms with E-state index in [1.807, 2.05) is 19.1 Å². The van der Waals surface area contributed by atoms with Crippen LogP contribution >= 0.6 is 23.8 Å². The number of rotatable bonds is 8. The van der Waals surface area contributed by atoms with E-state index in [9.17, 15) is 9.18 Å². The van der Waals surface area contributed by atoms with Crippen LogP contribution in [-0.4, -0.2) is 20.4 Å². The molecule has 0 aliphatic rings. The van der Waals surface area contributed by atoms with E-state index in [-0.39, 0.29) is 16.7 Å². The average Bonchev–Trinajstić information content (AvgIpc) is 3.01. The van der Waals surface area contributed by atoms with Crippen LogP contribution < -0.4 is 11.1 Å². The smallest absolute Gasteiger partial charge is 0.224 e. The van der Waals surface area contributed by atoms with E-state index in [0.717, 1.165) is 17.0 Å². The quantitative estimate of drug-likeness (QED) is 0.482. The predicted molar refractivity (Wildman–Crippen MR) is 122 cm³/mol. The monoisotopic (exact) mass is 444 g/mol. The number of nitrogens with two attached hydrogens (primary N) is 1. The van der Waals surface area contributed by atoms with Crippen LogP contribution in [0.25, 0.3) is 11.3 Å². The number of pyridine rings is 1. The predicted octanol–water partition coefficient (Wildman–Crippen LogP) is 4.96. The highest BCUT2D eigenvalue weighted by atomic mass is 35.5. The maximum absolute atomic E-state index is 13.0. The normalized spacial score (nSPS) is 10.8. The van der Waals surface area contributed by atoms with Gasteiger partial charge < -0.3 is 15.6 Å². The molecule has 8 heteroatoms. The minimum absolute atomic E-state index is 0.143. The third-order valence-electron chi connectivity index (χ3n) is 4.74. The summed E-state index contributed by atoms with van der Waals surface area (Å²) in [6.07, 6.45) is 5.00. The maximum atomic E-state index is 13.0. The molecular formula is C22H22ClFN4OS. The molecule has 3 rings (SSSR count). The molecule has 0 radical (unpaired) electrons. The van der Waals surface area contributed by atoms with Crippen LogP contribution in [-0.2, 0) is 17.8 Å². The SMILES string of the molecule is CCc1c(C(N)=S)c(Cl)c(-c2cccnc2)n1CCCC(=O)Nc1ccc(F)cc1. The molecule has 0 spiro atoms. The Morgan fingerprint density at radius 2 is 2.03 bits per heavy atom. The average molecular weight is 445 g/mol. The first-order chi connectivity index (χ1) is 14.4. The van der Waals surface area contributed by atoms with Gasteiger partial charge in [0, 0.05) is 47.9 Å². The number of nitrogens with zero attached hydrogens (tertiary/aromatic N) is 2. The van der Waals surface area contributed by atoms with Crippen LogP contribution in [0.15, 0.2) is 48.8 Å². The maximum Gasteiger partial charge on any atom is 0.224 e. The van der Waals surface area contributed by atoms with Gasteiger partial charge in [0.25, 0.3) is 0 Å². The first kappa shape index (κ1) is 21.9. The van der Waals surface area contributed by atoms with E-state index in [4.69, 9.17) is 29.6 Å². The van der Waals surface area contributed by atoms with Crippen LogP contribution in [0, 0.1) is 5.82 Å². The van der Waals surface area contributed by atoms with Crippen molar-refractivity contribution in [2.75, 3.05) is 5.32 Å². The van der Waals surface area contributed by atoms with Crippen molar-refractivity contribution in [3.63, 3.8) is 0 Å². The number of benzene rings is 1. The minimum Gasteiger partial charge on any atom is -0.389 e. The Bertz CT molecular complexity index is 1050. The van der Waals surface area contributed by atoms with Gasteiger partial charge >= 0.3 is 0 Å². The summed E-state index contributed by atoms with van der Waals surface area (Å²) in [4.78, 5) is 16.7. The largest absolute Gasteiger partial charge is 0.389 e. The number of carbonyl (C=O) groups is 1. The highest BCUT2D eigenvalue weighted by Gasteiger charge is 2.23. The van der Waals surface area contributed by atoms with Gasteiger partial charge in [-0.3, -0.25) is 9.78 Å². The molecule has 2 heterocycles. The number of thiocarbonyl (C=S) groups is 1. The van der Waals surface area contributed by atoms with Gasteiger partial charge in [-0.2, -0.15) is 0 Å². The summed E-state index contributed by atoms with van der Waals surface area (Å²) in [6, 6.07) is 9.44. The zero-order valence-corrected chi connectivity index (χ0v) is 18.1. The number of carbonyl (C=O) groups excluding carboxylic acids is 1. The van der Waals surface area contributed by atoms with Crippen molar-refractivity contribution < 1.29 is 9.18 Å². The van der Waals surface area contributed by atoms with Crippen LogP contribution in [0.1, 0.15) is 31.0 Å². The number of amides is 1. The summed E-state index contributed by atoms with van der Waals surface area (Å²) < 4.78 is 15.1. The van der Waals surface area contributed by atoms with Crippen LogP contribution in [0.5, 0.6) is 0 Å². The summed E-state index contributed by atoms with van der Waals surface area (Å²) >= 11 is 11.9. The first-order valence-corrected chi connectivity index (χ1v) is 10.4. The second-order valence-corrected chi connectivity index (χ2v) is 7.57. The summed E-state index contributed by atoms with van der Waals surface area (Å²) in [5.41, 5.74) is 9.77. The molecule has 1 aromatic carbocycles. The zero-order valence-electron chi connectivity index (χ0n) is 16.5. The fourth-order valence-corrected chi connectivity index (χ4v) is 4.14. The van der Waals surface area contributed by atoms with Crippen molar-refractivity contribution in [3.05, 3.63) is 70.9 Å². The number of anilines is 1. The summed E-state index contributed by atoms with van der Waals surface area (Å²) in [6.45, 7) is 2.57. The molecule has 156 valence electrons. The number of nitrogens with one attached hydrogen (secondary N) is 1. The van der Waals surface area contributed by atoms with E-state index < -0.39 is 0 Å². The number of hydrogen-bond donors (Lipinski definition) is 2. The number of halogens is 2. The van der Waals surface area contributed by atoms with E-state index >= 15 is 0 Å². The standard InChI is InChI=1S/C22H22ClFN4OS/c1-2-17-19(22(25)30)20(23)21(14-5-3-11-26-13-14)28(17)12-4-6-18(29)27-16-9-7-15(24)8-10-16/h3,5,7-11,13H,2,4,6,12H2,1H3,(H2,25,30)(H,27,29). The fraction of sp³-hybridized carbons (Fsp3) is 0.227. The second kappa shape index (κ2) is 9.82. The fourth-order valence-electron chi connectivity index (χ4n) is 3.44. The molecule has 0 bridgehead atoms. The molecule has 5 nitrogen and oxygen atoms in total. The Kier molecular flexibility index (Phi) is 7.18. The Labute approximate surface area is 185 Å². The lowest BCUT2D eigenvalue weighted by Gasteiger charge is -2.13. The van der Waals surface area contributed by atoms with E-state index in [1.165, 1.54) is 24.3 Å². The van der Waals surface area contributed by atoms with E-state index in [1.54, 1.807) is 12.4 Å². The van der Waals surface area contributed by atoms with E-state index in [2.05, 4.69) is 14.9 Å².